The predicted molar refractivity (Wildman–Crippen MR) is 143 cm³/mol. The summed E-state index contributed by atoms with van der Waals surface area (Å²) in [5.41, 5.74) is 1.79. The van der Waals surface area contributed by atoms with Gasteiger partial charge in [0.15, 0.2) is 23.0 Å². The fourth-order valence-electron chi connectivity index (χ4n) is 5.04. The number of benzene rings is 3. The lowest BCUT2D eigenvalue weighted by Gasteiger charge is -2.29. The Bertz CT molecular complexity index is 1480. The molecule has 0 aromatic heterocycles. The van der Waals surface area contributed by atoms with Crippen molar-refractivity contribution in [1.82, 2.24) is 0 Å². The molecule has 0 N–H and O–H groups in total. The fourth-order valence-corrected chi connectivity index (χ4v) is 5.04. The Morgan fingerprint density at radius 3 is 2.18 bits per heavy atom. The Balaban J connectivity index is 1.73. The average Bonchev–Trinajstić information content (AvgIpc) is 3.47. The second-order valence-corrected chi connectivity index (χ2v) is 11.1. The van der Waals surface area contributed by atoms with Crippen LogP contribution < -0.4 is 18.9 Å². The lowest BCUT2D eigenvalue weighted by molar-refractivity contribution is -0.0527. The number of cyclic esters (lactones) is 1. The van der Waals surface area contributed by atoms with E-state index >= 15 is 0 Å². The Morgan fingerprint density at radius 2 is 1.51 bits per heavy atom. The Kier molecular flexibility index (Phi) is 6.48. The van der Waals surface area contributed by atoms with Crippen LogP contribution in [0.2, 0.25) is 0 Å². The van der Waals surface area contributed by atoms with E-state index in [4.69, 9.17) is 33.2 Å². The number of hydrogen-bond donors (Lipinski definition) is 0. The molecule has 0 atom stereocenters. The summed E-state index contributed by atoms with van der Waals surface area (Å²) < 4.78 is 39.1. The van der Waals surface area contributed by atoms with Gasteiger partial charge in [-0.25, -0.2) is 9.59 Å². The summed E-state index contributed by atoms with van der Waals surface area (Å²) in [5.74, 6) is 1.84. The zero-order valence-electron chi connectivity index (χ0n) is 23.2. The Morgan fingerprint density at radius 1 is 0.846 bits per heavy atom. The van der Waals surface area contributed by atoms with Crippen LogP contribution in [0.15, 0.2) is 30.3 Å². The van der Waals surface area contributed by atoms with Gasteiger partial charge in [-0.2, -0.15) is 0 Å². The summed E-state index contributed by atoms with van der Waals surface area (Å²) in [6.07, 6.45) is -0.476. The Hall–Kier alpha value is -4.14. The molecule has 9 heteroatoms. The average molecular weight is 537 g/mol. The van der Waals surface area contributed by atoms with Gasteiger partial charge in [0.25, 0.3) is 0 Å². The normalized spacial score (nSPS) is 14.2. The van der Waals surface area contributed by atoms with Crippen molar-refractivity contribution in [2.45, 2.75) is 58.8 Å². The molecule has 5 rings (SSSR count). The van der Waals surface area contributed by atoms with Crippen LogP contribution in [-0.4, -0.2) is 44.3 Å². The summed E-state index contributed by atoms with van der Waals surface area (Å²) in [5, 5.41) is 1.57. The molecule has 0 radical (unpaired) electrons. The molecule has 206 valence electrons. The molecule has 0 fully saturated rings. The van der Waals surface area contributed by atoms with Crippen LogP contribution in [0.1, 0.15) is 56.1 Å². The number of carbonyl (C=O) groups is 2. The van der Waals surface area contributed by atoms with Gasteiger partial charge in [0.2, 0.25) is 6.79 Å². The Labute approximate surface area is 226 Å². The van der Waals surface area contributed by atoms with Crippen LogP contribution >= 0.6 is 0 Å². The van der Waals surface area contributed by atoms with E-state index in [1.54, 1.807) is 48.8 Å². The predicted octanol–water partition coefficient (Wildman–Crippen LogP) is 6.20. The second-order valence-electron chi connectivity index (χ2n) is 11.1. The molecular weight excluding hydrogens is 504 g/mol. The van der Waals surface area contributed by atoms with E-state index in [1.165, 1.54) is 0 Å². The van der Waals surface area contributed by atoms with Crippen LogP contribution in [0.4, 0.5) is 4.79 Å². The van der Waals surface area contributed by atoms with Crippen molar-refractivity contribution in [3.8, 4) is 34.1 Å². The van der Waals surface area contributed by atoms with E-state index in [-0.39, 0.29) is 13.4 Å². The fraction of sp³-hybridized carbons (Fsp3) is 0.400. The molecule has 0 amide bonds. The van der Waals surface area contributed by atoms with E-state index in [0.29, 0.717) is 40.5 Å². The number of ether oxygens (including phenoxy) is 7. The van der Waals surface area contributed by atoms with E-state index in [2.05, 4.69) is 0 Å². The van der Waals surface area contributed by atoms with Crippen LogP contribution in [0.25, 0.3) is 21.9 Å². The van der Waals surface area contributed by atoms with E-state index in [9.17, 15) is 9.59 Å². The molecule has 2 aliphatic rings. The van der Waals surface area contributed by atoms with Gasteiger partial charge in [0, 0.05) is 17.5 Å². The molecule has 0 aliphatic carbocycles. The lowest BCUT2D eigenvalue weighted by Crippen LogP contribution is -2.34. The minimum absolute atomic E-state index is 0.0911. The van der Waals surface area contributed by atoms with E-state index < -0.39 is 23.3 Å². The monoisotopic (exact) mass is 536 g/mol. The second kappa shape index (κ2) is 9.55. The molecule has 0 unspecified atom stereocenters. The highest BCUT2D eigenvalue weighted by molar-refractivity contribution is 6.13. The molecule has 2 aliphatic heterocycles. The van der Waals surface area contributed by atoms with Crippen molar-refractivity contribution >= 4 is 22.9 Å². The minimum Gasteiger partial charge on any atom is -0.493 e. The minimum atomic E-state index is -0.970. The van der Waals surface area contributed by atoms with Crippen LogP contribution in [-0.2, 0) is 27.2 Å². The van der Waals surface area contributed by atoms with Crippen molar-refractivity contribution in [1.29, 1.82) is 0 Å². The number of esters is 1. The molecule has 3 aromatic carbocycles. The highest BCUT2D eigenvalue weighted by Gasteiger charge is 2.36. The standard InChI is InChI=1S/C30H32O9/c1-29(2,3)38-28(32)39-30(4,5)13-19-17-11-22(33-6)23(34-7)12-18(17)25(26-20(19)14-35-27(26)31)16-8-9-21-24(10-16)37-15-36-21/h8-12H,13-15H2,1-7H3. The molecule has 39 heavy (non-hydrogen) atoms. The largest absolute Gasteiger partial charge is 0.509 e. The maximum atomic E-state index is 13.2. The molecule has 0 bridgehead atoms. The first-order chi connectivity index (χ1) is 18.4. The third-order valence-electron chi connectivity index (χ3n) is 6.60. The molecule has 9 nitrogen and oxygen atoms in total. The zero-order chi connectivity index (χ0) is 28.1. The van der Waals surface area contributed by atoms with Gasteiger partial charge in [0.1, 0.15) is 17.8 Å². The third-order valence-corrected chi connectivity index (χ3v) is 6.60. The number of methoxy groups -OCH3 is 2. The topological polar surface area (TPSA) is 98.8 Å². The summed E-state index contributed by atoms with van der Waals surface area (Å²) >= 11 is 0. The highest BCUT2D eigenvalue weighted by Crippen LogP contribution is 2.47. The van der Waals surface area contributed by atoms with Gasteiger partial charge < -0.3 is 33.2 Å². The highest BCUT2D eigenvalue weighted by atomic mass is 16.7. The van der Waals surface area contributed by atoms with Crippen molar-refractivity contribution in [2.24, 2.45) is 0 Å². The zero-order valence-corrected chi connectivity index (χ0v) is 23.2. The summed E-state index contributed by atoms with van der Waals surface area (Å²) in [6.45, 7) is 9.17. The molecule has 3 aromatic rings. The summed E-state index contributed by atoms with van der Waals surface area (Å²) in [7, 11) is 3.13. The molecule has 0 saturated carbocycles. The van der Waals surface area contributed by atoms with Gasteiger partial charge in [-0.3, -0.25) is 0 Å². The maximum Gasteiger partial charge on any atom is 0.509 e. The van der Waals surface area contributed by atoms with Gasteiger partial charge in [0.05, 0.1) is 19.8 Å². The van der Waals surface area contributed by atoms with Crippen LogP contribution in [0.3, 0.4) is 0 Å². The smallest absolute Gasteiger partial charge is 0.493 e. The van der Waals surface area contributed by atoms with Crippen LogP contribution in [0.5, 0.6) is 23.0 Å². The first-order valence-electron chi connectivity index (χ1n) is 12.6. The first-order valence-corrected chi connectivity index (χ1v) is 12.6. The van der Waals surface area contributed by atoms with Crippen molar-refractivity contribution in [2.75, 3.05) is 21.0 Å². The number of hydrogen-bond acceptors (Lipinski definition) is 9. The van der Waals surface area contributed by atoms with E-state index in [1.807, 2.05) is 30.3 Å². The molecule has 0 saturated heterocycles. The maximum absolute atomic E-state index is 13.2. The SMILES string of the molecule is COc1cc2c(CC(C)(C)OC(=O)OC(C)(C)C)c3c(c(-c4ccc5c(c4)OCO5)c2cc1OC)C(=O)OC3. The summed E-state index contributed by atoms with van der Waals surface area (Å²) in [4.78, 5) is 25.8. The van der Waals surface area contributed by atoms with Crippen molar-refractivity contribution < 1.29 is 42.7 Å². The molecule has 2 heterocycles. The molecular formula is C30H32O9. The van der Waals surface area contributed by atoms with Gasteiger partial charge in [-0.15, -0.1) is 0 Å². The first kappa shape index (κ1) is 26.5. The lowest BCUT2D eigenvalue weighted by atomic mass is 9.83. The van der Waals surface area contributed by atoms with Gasteiger partial charge in [-0.1, -0.05) is 6.07 Å². The van der Waals surface area contributed by atoms with E-state index in [0.717, 1.165) is 27.5 Å². The third kappa shape index (κ3) is 5.01. The number of carbonyl (C=O) groups excluding carboxylic acids is 2. The van der Waals surface area contributed by atoms with Gasteiger partial charge in [-0.05, 0) is 80.8 Å². The van der Waals surface area contributed by atoms with Crippen molar-refractivity contribution in [3.05, 3.63) is 47.0 Å². The number of rotatable bonds is 6. The number of fused-ring (bicyclic) bond motifs is 3. The van der Waals surface area contributed by atoms with Gasteiger partial charge >= 0.3 is 12.1 Å². The molecule has 0 spiro atoms. The quantitative estimate of drug-likeness (QED) is 0.341. The van der Waals surface area contributed by atoms with Crippen molar-refractivity contribution in [3.63, 3.8) is 0 Å². The summed E-state index contributed by atoms with van der Waals surface area (Å²) in [6, 6.07) is 9.30. The van der Waals surface area contributed by atoms with Crippen LogP contribution in [0, 0.1) is 0 Å².